The SMILES string of the molecule is CC(C)[C@@H](C(=O)N1CCC[C@@]1(C(N)=O)c1ccc([C@H]2CC[C@H](c3ccc([C@]4(C(N)=O)CCCN4C(=O)[C@H](C(C)C)N(C)C(=O)O)c([N+](=O)[O-])c3)N2c2nc3c(s2)CCCC3)cc1[N+](=O)[O-])N(C)C(=O)O. The molecule has 4 heterocycles. The minimum absolute atomic E-state index is 0.00941. The first kappa shape index (κ1) is 51.0. The number of nitrogens with two attached hydrogens (primary N) is 2. The van der Waals surface area contributed by atoms with E-state index in [2.05, 4.69) is 0 Å². The van der Waals surface area contributed by atoms with Crippen molar-refractivity contribution in [1.29, 1.82) is 0 Å². The van der Waals surface area contributed by atoms with Gasteiger partial charge in [0.15, 0.2) is 16.2 Å². The predicted octanol–water partition coefficient (Wildman–Crippen LogP) is 5.80. The van der Waals surface area contributed by atoms with Gasteiger partial charge < -0.3 is 36.4 Å². The number of hydrogen-bond donors (Lipinski definition) is 4. The standard InChI is InChI=1S/C47H60N10O12S/c1-25(2)37(51(5)44(62)63)39(58)53-21-9-19-46(53,41(48)60)29-15-13-27(23-34(29)56(66)67)32-17-18-33(55(32)43-50-31-11-7-8-12-36(31)70-43)28-14-16-30(35(24-28)57(68)69)47(42(49)61)20-10-22-54(47)40(59)38(26(3)4)52(6)45(64)65/h13-16,23-26,32-33,37-38H,7-12,17-22H2,1-6H3,(H2,48,60)(H2,49,61)(H,62,63)(H,64,65)/t32-,33-,37+,38+,46+,47+/m1/s1. The maximum absolute atomic E-state index is 14.3. The minimum atomic E-state index is -1.99. The summed E-state index contributed by atoms with van der Waals surface area (Å²) in [5.41, 5.74) is 8.92. The molecule has 376 valence electrons. The number of rotatable bonds is 15. The lowest BCUT2D eigenvalue weighted by Crippen LogP contribution is -2.59. The molecule has 0 radical (unpaired) electrons. The van der Waals surface area contributed by atoms with Crippen LogP contribution in [0.15, 0.2) is 36.4 Å². The summed E-state index contributed by atoms with van der Waals surface area (Å²) in [5, 5.41) is 46.7. The van der Waals surface area contributed by atoms with Crippen molar-refractivity contribution in [3.05, 3.63) is 89.5 Å². The smallest absolute Gasteiger partial charge is 0.407 e. The number of primary amides is 2. The van der Waals surface area contributed by atoms with Crippen molar-refractivity contribution in [2.75, 3.05) is 32.1 Å². The molecule has 3 saturated heterocycles. The van der Waals surface area contributed by atoms with Crippen LogP contribution >= 0.6 is 11.3 Å². The molecule has 0 saturated carbocycles. The Kier molecular flexibility index (Phi) is 14.2. The average Bonchev–Trinajstić information content (AvgIpc) is 4.13. The van der Waals surface area contributed by atoms with Crippen LogP contribution in [0.2, 0.25) is 0 Å². The summed E-state index contributed by atoms with van der Waals surface area (Å²) in [6.45, 7) is 6.61. The van der Waals surface area contributed by atoms with Gasteiger partial charge in [0.2, 0.25) is 23.6 Å². The van der Waals surface area contributed by atoms with Gasteiger partial charge in [-0.05, 0) is 99.3 Å². The van der Waals surface area contributed by atoms with Gasteiger partial charge in [0.1, 0.15) is 12.1 Å². The van der Waals surface area contributed by atoms with Gasteiger partial charge in [-0.1, -0.05) is 39.8 Å². The number of amides is 6. The summed E-state index contributed by atoms with van der Waals surface area (Å²) < 4.78 is 0. The Balaban J connectivity index is 1.33. The van der Waals surface area contributed by atoms with Crippen LogP contribution in [-0.2, 0) is 43.1 Å². The van der Waals surface area contributed by atoms with Gasteiger partial charge in [-0.15, -0.1) is 11.3 Å². The molecule has 0 spiro atoms. The summed E-state index contributed by atoms with van der Waals surface area (Å²) in [7, 11) is 2.49. The second-order valence-corrected chi connectivity index (χ2v) is 20.5. The number of aromatic nitrogens is 1. The van der Waals surface area contributed by atoms with Gasteiger partial charge in [0.05, 0.1) is 38.8 Å². The number of benzene rings is 2. The number of hydrogen-bond acceptors (Lipinski definition) is 13. The maximum Gasteiger partial charge on any atom is 0.407 e. The lowest BCUT2D eigenvalue weighted by Gasteiger charge is -2.40. The van der Waals surface area contributed by atoms with Crippen molar-refractivity contribution in [2.45, 2.75) is 127 Å². The fraction of sp³-hybridized carbons (Fsp3) is 0.553. The molecule has 3 aromatic rings. The molecule has 22 nitrogen and oxygen atoms in total. The predicted molar refractivity (Wildman–Crippen MR) is 255 cm³/mol. The Hall–Kier alpha value is -6.91. The molecular weight excluding hydrogens is 929 g/mol. The summed E-state index contributed by atoms with van der Waals surface area (Å²) in [6.07, 6.45) is 1.85. The molecule has 2 aromatic carbocycles. The number of carbonyl (C=O) groups excluding carboxylic acids is 4. The highest BCUT2D eigenvalue weighted by Gasteiger charge is 2.57. The third-order valence-electron chi connectivity index (χ3n) is 14.9. The Morgan fingerprint density at radius 2 is 1.13 bits per heavy atom. The first-order valence-electron chi connectivity index (χ1n) is 23.5. The van der Waals surface area contributed by atoms with Crippen LogP contribution in [0.4, 0.5) is 26.1 Å². The molecule has 1 aliphatic carbocycles. The van der Waals surface area contributed by atoms with Gasteiger partial charge in [-0.2, -0.15) is 0 Å². The Morgan fingerprint density at radius 3 is 1.49 bits per heavy atom. The molecule has 7 rings (SSSR count). The van der Waals surface area contributed by atoms with Crippen molar-refractivity contribution in [3.8, 4) is 0 Å². The number of nitro groups is 2. The molecule has 70 heavy (non-hydrogen) atoms. The lowest BCUT2D eigenvalue weighted by atomic mass is 9.83. The lowest BCUT2D eigenvalue weighted by molar-refractivity contribution is -0.386. The van der Waals surface area contributed by atoms with Gasteiger partial charge in [0, 0.05) is 44.2 Å². The molecule has 3 aliphatic heterocycles. The number of carbonyl (C=O) groups is 6. The third kappa shape index (κ3) is 8.50. The van der Waals surface area contributed by atoms with Gasteiger partial charge >= 0.3 is 12.2 Å². The fourth-order valence-corrected chi connectivity index (χ4v) is 12.9. The summed E-state index contributed by atoms with van der Waals surface area (Å²) in [6, 6.07) is 5.20. The second kappa shape index (κ2) is 19.5. The molecule has 0 bridgehead atoms. The number of thiazole rings is 1. The Labute approximate surface area is 407 Å². The highest BCUT2D eigenvalue weighted by atomic mass is 32.1. The quantitative estimate of drug-likeness (QED) is 0.103. The molecule has 6 N–H and O–H groups in total. The number of anilines is 1. The van der Waals surface area contributed by atoms with Crippen molar-refractivity contribution in [2.24, 2.45) is 23.3 Å². The highest BCUT2D eigenvalue weighted by molar-refractivity contribution is 7.15. The van der Waals surface area contributed by atoms with Gasteiger partial charge in [-0.3, -0.25) is 49.2 Å². The summed E-state index contributed by atoms with van der Waals surface area (Å²) in [5.74, 6) is -4.52. The third-order valence-corrected chi connectivity index (χ3v) is 16.0. The van der Waals surface area contributed by atoms with E-state index in [-0.39, 0.29) is 49.9 Å². The largest absolute Gasteiger partial charge is 0.465 e. The molecule has 3 fully saturated rings. The monoisotopic (exact) mass is 988 g/mol. The Morgan fingerprint density at radius 1 is 0.714 bits per heavy atom. The van der Waals surface area contributed by atoms with Crippen LogP contribution in [-0.4, -0.2) is 120 Å². The van der Waals surface area contributed by atoms with Crippen molar-refractivity contribution in [3.63, 3.8) is 0 Å². The van der Waals surface area contributed by atoms with Crippen LogP contribution in [0.3, 0.4) is 0 Å². The van der Waals surface area contributed by atoms with Crippen LogP contribution in [0, 0.1) is 32.1 Å². The second-order valence-electron chi connectivity index (χ2n) is 19.5. The normalized spacial score (nSPS) is 23.0. The number of aryl methyl sites for hydroxylation is 2. The van der Waals surface area contributed by atoms with E-state index in [9.17, 15) is 59.2 Å². The van der Waals surface area contributed by atoms with E-state index in [1.54, 1.807) is 39.8 Å². The van der Waals surface area contributed by atoms with E-state index in [1.165, 1.54) is 59.5 Å². The van der Waals surface area contributed by atoms with E-state index in [0.717, 1.165) is 46.1 Å². The van der Waals surface area contributed by atoms with Crippen molar-refractivity contribution >= 4 is 63.7 Å². The minimum Gasteiger partial charge on any atom is -0.465 e. The molecule has 6 atom stereocenters. The number of nitro benzene ring substituents is 2. The summed E-state index contributed by atoms with van der Waals surface area (Å²) in [4.78, 5) is 118. The highest BCUT2D eigenvalue weighted by Crippen LogP contribution is 2.53. The fourth-order valence-electron chi connectivity index (χ4n) is 11.6. The van der Waals surface area contributed by atoms with E-state index < -0.39 is 104 Å². The van der Waals surface area contributed by atoms with E-state index >= 15 is 0 Å². The number of likely N-dealkylation sites (N-methyl/N-ethyl adjacent to an activating group) is 2. The summed E-state index contributed by atoms with van der Waals surface area (Å²) >= 11 is 1.47. The number of likely N-dealkylation sites (tertiary alicyclic amines) is 2. The van der Waals surface area contributed by atoms with Crippen LogP contribution in [0.25, 0.3) is 0 Å². The van der Waals surface area contributed by atoms with Crippen LogP contribution in [0.1, 0.15) is 124 Å². The molecule has 0 unspecified atom stereocenters. The Bertz CT molecular complexity index is 2470. The molecule has 23 heteroatoms. The molecule has 4 aliphatic rings. The first-order chi connectivity index (χ1) is 33.0. The topological polar surface area (TPSA) is 310 Å². The first-order valence-corrected chi connectivity index (χ1v) is 24.3. The van der Waals surface area contributed by atoms with E-state index in [0.29, 0.717) is 29.1 Å². The van der Waals surface area contributed by atoms with Crippen LogP contribution < -0.4 is 16.4 Å². The maximum atomic E-state index is 14.3. The number of carboxylic acid groups (broad SMARTS) is 2. The zero-order chi connectivity index (χ0) is 51.3. The molecular formula is C47H60N10O12S. The van der Waals surface area contributed by atoms with Crippen molar-refractivity contribution < 1.29 is 48.8 Å². The number of nitrogens with zero attached hydrogens (tertiary/aromatic N) is 8. The van der Waals surface area contributed by atoms with Crippen molar-refractivity contribution in [1.82, 2.24) is 24.6 Å². The van der Waals surface area contributed by atoms with Gasteiger partial charge in [-0.25, -0.2) is 14.6 Å². The average molecular weight is 989 g/mol. The van der Waals surface area contributed by atoms with Crippen LogP contribution in [0.5, 0.6) is 0 Å². The zero-order valence-corrected chi connectivity index (χ0v) is 40.8. The zero-order valence-electron chi connectivity index (χ0n) is 40.0. The van der Waals surface area contributed by atoms with E-state index in [1.807, 2.05) is 4.90 Å². The number of fused-ring (bicyclic) bond motifs is 1. The molecule has 1 aromatic heterocycles. The van der Waals surface area contributed by atoms with Gasteiger partial charge in [0.25, 0.3) is 11.4 Å². The van der Waals surface area contributed by atoms with E-state index in [4.69, 9.17) is 16.5 Å². The molecule has 6 amide bonds.